The normalized spacial score (nSPS) is 20.3. The average Bonchev–Trinajstić information content (AvgIpc) is 2.89. The van der Waals surface area contributed by atoms with E-state index >= 15 is 0 Å². The van der Waals surface area contributed by atoms with Crippen molar-refractivity contribution >= 4 is 29.0 Å². The third-order valence-electron chi connectivity index (χ3n) is 7.47. The van der Waals surface area contributed by atoms with Crippen LogP contribution in [0.4, 0.5) is 53.5 Å². The molecular weight excluding hydrogens is 547 g/mol. The largest absolute Gasteiger partial charge is 0.422 e. The molecule has 2 atom stereocenters. The molecule has 14 heteroatoms. The van der Waals surface area contributed by atoms with Gasteiger partial charge in [0.05, 0.1) is 11.1 Å². The number of halogens is 7. The number of nitro groups is 1. The molecule has 0 amide bonds. The SMILES string of the molecule is C[C@@H]1CCCCN1c1cc(N2CCCC[C@H]2C)c([N+](=O)[O-])cc1/C=N\Nc1c(F)c(F)c(C(F)(F)F)c(F)c1F. The van der Waals surface area contributed by atoms with Crippen molar-refractivity contribution in [2.75, 3.05) is 28.3 Å². The van der Waals surface area contributed by atoms with E-state index in [0.29, 0.717) is 24.5 Å². The van der Waals surface area contributed by atoms with Gasteiger partial charge in [-0.25, -0.2) is 17.6 Å². The standard InChI is InChI=1S/C26H28F7N5O2/c1-14-7-3-5-9-36(14)17-12-18(37-10-6-4-8-15(37)2)19(38(39)40)11-16(17)13-34-35-25-23(29)21(27)20(26(31,32)33)22(28)24(25)30/h11-15,35H,3-10H2,1-2H3/b34-13-/t14-,15-/m1/s1. The number of nitro benzene ring substituents is 1. The summed E-state index contributed by atoms with van der Waals surface area (Å²) in [6.45, 7) is 5.22. The van der Waals surface area contributed by atoms with Gasteiger partial charge in [-0.05, 0) is 58.4 Å². The summed E-state index contributed by atoms with van der Waals surface area (Å²) in [6.07, 6.45) is 0.710. The van der Waals surface area contributed by atoms with Crippen molar-refractivity contribution in [3.05, 3.63) is 56.6 Å². The van der Waals surface area contributed by atoms with E-state index < -0.39 is 45.6 Å². The Balaban J connectivity index is 1.79. The predicted octanol–water partition coefficient (Wildman–Crippen LogP) is 7.37. The second kappa shape index (κ2) is 11.5. The van der Waals surface area contributed by atoms with E-state index in [1.54, 1.807) is 11.5 Å². The summed E-state index contributed by atoms with van der Waals surface area (Å²) < 4.78 is 95.4. The lowest BCUT2D eigenvalue weighted by molar-refractivity contribution is -0.384. The summed E-state index contributed by atoms with van der Waals surface area (Å²) in [5, 5.41) is 15.7. The van der Waals surface area contributed by atoms with E-state index in [9.17, 15) is 40.8 Å². The van der Waals surface area contributed by atoms with Crippen LogP contribution in [-0.2, 0) is 6.18 Å². The van der Waals surface area contributed by atoms with Gasteiger partial charge in [-0.2, -0.15) is 18.3 Å². The van der Waals surface area contributed by atoms with Crippen molar-refractivity contribution in [3.63, 3.8) is 0 Å². The number of rotatable bonds is 6. The van der Waals surface area contributed by atoms with E-state index in [0.717, 1.165) is 44.7 Å². The fraction of sp³-hybridized carbons (Fsp3) is 0.500. The van der Waals surface area contributed by atoms with Crippen LogP contribution >= 0.6 is 0 Å². The molecule has 40 heavy (non-hydrogen) atoms. The smallest absolute Gasteiger partial charge is 0.368 e. The number of hydrazone groups is 1. The molecule has 2 aliphatic heterocycles. The molecule has 2 heterocycles. The van der Waals surface area contributed by atoms with Crippen molar-refractivity contribution in [1.29, 1.82) is 0 Å². The van der Waals surface area contributed by atoms with Gasteiger partial charge in [0.15, 0.2) is 23.3 Å². The predicted molar refractivity (Wildman–Crippen MR) is 137 cm³/mol. The Labute approximate surface area is 225 Å². The molecule has 2 aromatic rings. The third kappa shape index (κ3) is 5.66. The topological polar surface area (TPSA) is 74.0 Å². The lowest BCUT2D eigenvalue weighted by Gasteiger charge is -2.39. The van der Waals surface area contributed by atoms with Gasteiger partial charge in [0.2, 0.25) is 0 Å². The molecule has 218 valence electrons. The van der Waals surface area contributed by atoms with E-state index in [4.69, 9.17) is 0 Å². The van der Waals surface area contributed by atoms with Crippen LogP contribution in [0.5, 0.6) is 0 Å². The Kier molecular flexibility index (Phi) is 8.45. The Morgan fingerprint density at radius 2 is 1.43 bits per heavy atom. The Hall–Kier alpha value is -3.58. The lowest BCUT2D eigenvalue weighted by Crippen LogP contribution is -2.40. The highest BCUT2D eigenvalue weighted by molar-refractivity contribution is 5.92. The summed E-state index contributed by atoms with van der Waals surface area (Å²) in [4.78, 5) is 15.5. The molecule has 2 aliphatic rings. The summed E-state index contributed by atoms with van der Waals surface area (Å²) in [6, 6.07) is 3.05. The van der Waals surface area contributed by atoms with Gasteiger partial charge in [-0.3, -0.25) is 15.5 Å². The number of nitrogens with zero attached hydrogens (tertiary/aromatic N) is 4. The number of alkyl halides is 3. The van der Waals surface area contributed by atoms with Crippen molar-refractivity contribution < 1.29 is 35.7 Å². The fourth-order valence-corrected chi connectivity index (χ4v) is 5.37. The summed E-state index contributed by atoms with van der Waals surface area (Å²) in [5.74, 6) is -9.87. The Bertz CT molecular complexity index is 1290. The van der Waals surface area contributed by atoms with Crippen LogP contribution in [0.25, 0.3) is 0 Å². The molecule has 0 radical (unpaired) electrons. The number of benzene rings is 2. The van der Waals surface area contributed by atoms with Crippen molar-refractivity contribution in [1.82, 2.24) is 0 Å². The monoisotopic (exact) mass is 575 g/mol. The molecule has 0 bridgehead atoms. The number of piperidine rings is 2. The maximum absolute atomic E-state index is 14.3. The molecule has 0 unspecified atom stereocenters. The first-order valence-electron chi connectivity index (χ1n) is 12.9. The minimum Gasteiger partial charge on any atom is -0.368 e. The molecular formula is C26H28F7N5O2. The van der Waals surface area contributed by atoms with Gasteiger partial charge < -0.3 is 9.80 Å². The second-order valence-corrected chi connectivity index (χ2v) is 10.1. The zero-order valence-electron chi connectivity index (χ0n) is 21.8. The molecule has 7 nitrogen and oxygen atoms in total. The highest BCUT2D eigenvalue weighted by Crippen LogP contribution is 2.41. The van der Waals surface area contributed by atoms with Gasteiger partial charge in [0.25, 0.3) is 5.69 Å². The van der Waals surface area contributed by atoms with Crippen molar-refractivity contribution in [2.24, 2.45) is 5.10 Å². The molecule has 0 aromatic heterocycles. The van der Waals surface area contributed by atoms with Gasteiger partial charge >= 0.3 is 6.18 Å². The van der Waals surface area contributed by atoms with Crippen molar-refractivity contribution in [2.45, 2.75) is 70.6 Å². The highest BCUT2D eigenvalue weighted by Gasteiger charge is 2.42. The van der Waals surface area contributed by atoms with Crippen molar-refractivity contribution in [3.8, 4) is 0 Å². The third-order valence-corrected chi connectivity index (χ3v) is 7.47. The Morgan fingerprint density at radius 1 is 0.900 bits per heavy atom. The maximum Gasteiger partial charge on any atom is 0.422 e. The molecule has 2 aromatic carbocycles. The molecule has 1 N–H and O–H groups in total. The van der Waals surface area contributed by atoms with Crippen LogP contribution in [0.15, 0.2) is 17.2 Å². The highest BCUT2D eigenvalue weighted by atomic mass is 19.4. The molecule has 2 saturated heterocycles. The second-order valence-electron chi connectivity index (χ2n) is 10.1. The lowest BCUT2D eigenvalue weighted by atomic mass is 9.98. The first kappa shape index (κ1) is 29.4. The summed E-state index contributed by atoms with van der Waals surface area (Å²) in [5.41, 5.74) is -1.61. The van der Waals surface area contributed by atoms with Crippen LogP contribution in [0.1, 0.15) is 63.5 Å². The fourth-order valence-electron chi connectivity index (χ4n) is 5.37. The van der Waals surface area contributed by atoms with Crippen LogP contribution < -0.4 is 15.2 Å². The molecule has 0 saturated carbocycles. The number of anilines is 3. The van der Waals surface area contributed by atoms with Crippen LogP contribution in [0, 0.1) is 33.4 Å². The van der Waals surface area contributed by atoms with Gasteiger partial charge in [0, 0.05) is 42.5 Å². The summed E-state index contributed by atoms with van der Waals surface area (Å²) in [7, 11) is 0. The van der Waals surface area contributed by atoms with E-state index in [1.165, 1.54) is 6.07 Å². The Morgan fingerprint density at radius 3 is 1.90 bits per heavy atom. The van der Waals surface area contributed by atoms with Crippen LogP contribution in [-0.4, -0.2) is 36.3 Å². The summed E-state index contributed by atoms with van der Waals surface area (Å²) >= 11 is 0. The van der Waals surface area contributed by atoms with E-state index in [-0.39, 0.29) is 23.3 Å². The average molecular weight is 576 g/mol. The first-order chi connectivity index (χ1) is 18.8. The minimum atomic E-state index is -5.68. The van der Waals surface area contributed by atoms with Gasteiger partial charge in [0.1, 0.15) is 16.9 Å². The molecule has 2 fully saturated rings. The first-order valence-corrected chi connectivity index (χ1v) is 12.9. The van der Waals surface area contributed by atoms with E-state index in [1.807, 2.05) is 23.6 Å². The number of nitrogens with one attached hydrogen (secondary N) is 1. The maximum atomic E-state index is 14.3. The van der Waals surface area contributed by atoms with Crippen LogP contribution in [0.2, 0.25) is 0 Å². The zero-order valence-corrected chi connectivity index (χ0v) is 21.8. The van der Waals surface area contributed by atoms with Gasteiger partial charge in [-0.1, -0.05) is 0 Å². The minimum absolute atomic E-state index is 0.0509. The van der Waals surface area contributed by atoms with E-state index in [2.05, 4.69) is 5.10 Å². The van der Waals surface area contributed by atoms with Gasteiger partial charge in [-0.15, -0.1) is 0 Å². The molecule has 0 aliphatic carbocycles. The number of hydrogen-bond acceptors (Lipinski definition) is 6. The quantitative estimate of drug-likeness (QED) is 0.128. The zero-order chi connectivity index (χ0) is 29.4. The molecule has 4 rings (SSSR count). The molecule has 0 spiro atoms. The van der Waals surface area contributed by atoms with Crippen LogP contribution in [0.3, 0.4) is 0 Å². The number of hydrogen-bond donors (Lipinski definition) is 1.